The van der Waals surface area contributed by atoms with Crippen LogP contribution in [0.15, 0.2) is 60.8 Å². The van der Waals surface area contributed by atoms with Gasteiger partial charge in [-0.15, -0.1) is 11.3 Å². The van der Waals surface area contributed by atoms with Crippen molar-refractivity contribution in [1.82, 2.24) is 15.6 Å². The van der Waals surface area contributed by atoms with E-state index in [2.05, 4.69) is 20.9 Å². The normalized spacial score (nSPS) is 18.1. The molecule has 0 radical (unpaired) electrons. The van der Waals surface area contributed by atoms with Crippen LogP contribution in [-0.2, 0) is 4.79 Å². The summed E-state index contributed by atoms with van der Waals surface area (Å²) >= 11 is 1.28. The van der Waals surface area contributed by atoms with Crippen LogP contribution in [0.25, 0.3) is 10.2 Å². The molecule has 4 aromatic rings. The van der Waals surface area contributed by atoms with Gasteiger partial charge in [0.05, 0.1) is 22.4 Å². The van der Waals surface area contributed by atoms with Crippen molar-refractivity contribution in [1.29, 1.82) is 0 Å². The van der Waals surface area contributed by atoms with Crippen LogP contribution in [0.4, 0.5) is 21.9 Å². The van der Waals surface area contributed by atoms with Crippen molar-refractivity contribution < 1.29 is 19.1 Å². The van der Waals surface area contributed by atoms with Crippen LogP contribution >= 0.6 is 11.3 Å². The summed E-state index contributed by atoms with van der Waals surface area (Å²) in [4.78, 5) is 46.0. The highest BCUT2D eigenvalue weighted by atomic mass is 32.1. The van der Waals surface area contributed by atoms with Gasteiger partial charge in [-0.25, -0.2) is 9.78 Å². The zero-order chi connectivity index (χ0) is 28.5. The van der Waals surface area contributed by atoms with Crippen molar-refractivity contribution in [2.75, 3.05) is 10.2 Å². The largest absolute Gasteiger partial charge is 0.457 e. The van der Waals surface area contributed by atoms with E-state index in [-0.39, 0.29) is 29.9 Å². The maximum atomic E-state index is 13.5. The molecule has 6 rings (SSSR count). The highest BCUT2D eigenvalue weighted by molar-refractivity contribution is 7.21. The number of aromatic nitrogens is 1. The van der Waals surface area contributed by atoms with Gasteiger partial charge in [-0.2, -0.15) is 0 Å². The molecule has 3 heterocycles. The number of urea groups is 1. The Morgan fingerprint density at radius 3 is 2.44 bits per heavy atom. The second-order valence-corrected chi connectivity index (χ2v) is 11.4. The number of carbonyl (C=O) groups excluding carboxylic acids is 3. The quantitative estimate of drug-likeness (QED) is 0.231. The predicted octanol–water partition coefficient (Wildman–Crippen LogP) is 6.65. The number of pyridine rings is 1. The molecule has 1 saturated carbocycles. The van der Waals surface area contributed by atoms with Gasteiger partial charge in [0.25, 0.3) is 5.91 Å². The number of nitrogens with one attached hydrogen (secondary N) is 3. The van der Waals surface area contributed by atoms with Gasteiger partial charge in [-0.1, -0.05) is 25.1 Å². The number of aryl methyl sites for hydroxylation is 1. The molecule has 0 saturated heterocycles. The lowest BCUT2D eigenvalue weighted by atomic mass is 9.91. The summed E-state index contributed by atoms with van der Waals surface area (Å²) in [5.74, 6) is 1.24. The Labute approximate surface area is 241 Å². The molecule has 1 aliphatic carbocycles. The fourth-order valence-electron chi connectivity index (χ4n) is 5.51. The second kappa shape index (κ2) is 11.2. The number of carbonyl (C=O) groups is 3. The van der Waals surface area contributed by atoms with Crippen LogP contribution in [0.3, 0.4) is 0 Å². The highest BCUT2D eigenvalue weighted by Gasteiger charge is 2.34. The Bertz CT molecular complexity index is 1630. The number of amides is 4. The first-order valence-corrected chi connectivity index (χ1v) is 14.7. The Morgan fingerprint density at radius 2 is 1.73 bits per heavy atom. The lowest BCUT2D eigenvalue weighted by Crippen LogP contribution is -2.43. The van der Waals surface area contributed by atoms with Crippen molar-refractivity contribution in [3.05, 3.63) is 71.2 Å². The average Bonchev–Trinajstić information content (AvgIpc) is 3.35. The number of nitrogens with zero attached hydrogens (tertiary/aromatic N) is 2. The molecule has 41 heavy (non-hydrogen) atoms. The Balaban J connectivity index is 1.23. The molecule has 9 nitrogen and oxygen atoms in total. The first kappa shape index (κ1) is 26.8. The van der Waals surface area contributed by atoms with E-state index >= 15 is 0 Å². The summed E-state index contributed by atoms with van der Waals surface area (Å²) in [5.41, 5.74) is 2.75. The molecule has 0 spiro atoms. The predicted molar refractivity (Wildman–Crippen MR) is 160 cm³/mol. The summed E-state index contributed by atoms with van der Waals surface area (Å²) in [6.45, 7) is 3.78. The monoisotopic (exact) mass is 569 g/mol. The van der Waals surface area contributed by atoms with Gasteiger partial charge < -0.3 is 20.7 Å². The number of ether oxygens (including phenoxy) is 1. The van der Waals surface area contributed by atoms with Gasteiger partial charge in [0.2, 0.25) is 5.91 Å². The number of thiophene rings is 1. The molecule has 1 fully saturated rings. The van der Waals surface area contributed by atoms with E-state index in [1.807, 2.05) is 62.4 Å². The van der Waals surface area contributed by atoms with Crippen molar-refractivity contribution in [2.45, 2.75) is 58.0 Å². The molecule has 210 valence electrons. The van der Waals surface area contributed by atoms with E-state index in [1.165, 1.54) is 11.3 Å². The minimum atomic E-state index is -0.343. The molecule has 3 N–H and O–H groups in total. The van der Waals surface area contributed by atoms with E-state index in [1.54, 1.807) is 17.2 Å². The lowest BCUT2D eigenvalue weighted by molar-refractivity contribution is -0.121. The number of hydrogen-bond donors (Lipinski definition) is 3. The van der Waals surface area contributed by atoms with Gasteiger partial charge in [0.1, 0.15) is 21.2 Å². The molecule has 4 amide bonds. The molecule has 0 atom stereocenters. The van der Waals surface area contributed by atoms with E-state index in [9.17, 15) is 14.4 Å². The van der Waals surface area contributed by atoms with Crippen LogP contribution in [0.5, 0.6) is 11.5 Å². The number of rotatable bonds is 7. The first-order chi connectivity index (χ1) is 19.9. The second-order valence-electron chi connectivity index (χ2n) is 10.4. The van der Waals surface area contributed by atoms with Gasteiger partial charge in [0.15, 0.2) is 0 Å². The minimum absolute atomic E-state index is 0.0113. The Morgan fingerprint density at radius 1 is 1.00 bits per heavy atom. The third-order valence-corrected chi connectivity index (χ3v) is 8.69. The Hall–Kier alpha value is -4.44. The average molecular weight is 570 g/mol. The molecule has 1 aliphatic heterocycles. The fraction of sp³-hybridized carbons (Fsp3) is 0.290. The standard InChI is InChI=1S/C31H31N5O4S/c1-3-25(37)33-19-9-11-20(12-10-19)34-29(38)28-27-26-24(15-16-32-30(26)41-28)36(31(39)35-27)23-14-13-22(17-18(23)2)40-21-7-5-4-6-8-21/h4-8,13-17,19-20H,3,9-12H2,1-2H3,(H,33,37)(H,34,38)(H,35,39)/t19-,20+. The molecule has 10 heteroatoms. The van der Waals surface area contributed by atoms with E-state index < -0.39 is 0 Å². The van der Waals surface area contributed by atoms with E-state index in [4.69, 9.17) is 4.74 Å². The zero-order valence-corrected chi connectivity index (χ0v) is 23.7. The van der Waals surface area contributed by atoms with Gasteiger partial charge >= 0.3 is 6.03 Å². The summed E-state index contributed by atoms with van der Waals surface area (Å²) in [5, 5.41) is 9.92. The molecular formula is C31H31N5O4S. The van der Waals surface area contributed by atoms with Crippen LogP contribution in [-0.4, -0.2) is 34.9 Å². The fourth-order valence-corrected chi connectivity index (χ4v) is 6.54. The number of benzene rings is 2. The van der Waals surface area contributed by atoms with Crippen LogP contribution < -0.4 is 25.6 Å². The van der Waals surface area contributed by atoms with Crippen molar-refractivity contribution >= 4 is 56.5 Å². The molecule has 2 aromatic heterocycles. The number of para-hydroxylation sites is 1. The van der Waals surface area contributed by atoms with Crippen LogP contribution in [0.2, 0.25) is 0 Å². The van der Waals surface area contributed by atoms with Crippen LogP contribution in [0.1, 0.15) is 54.3 Å². The van der Waals surface area contributed by atoms with Crippen LogP contribution in [0, 0.1) is 6.92 Å². The summed E-state index contributed by atoms with van der Waals surface area (Å²) < 4.78 is 5.97. The summed E-state index contributed by atoms with van der Waals surface area (Å²) in [6, 6.07) is 16.8. The molecule has 2 aliphatic rings. The van der Waals surface area contributed by atoms with E-state index in [0.717, 1.165) is 42.4 Å². The van der Waals surface area contributed by atoms with Gasteiger partial charge in [0, 0.05) is 24.7 Å². The topological polar surface area (TPSA) is 113 Å². The lowest BCUT2D eigenvalue weighted by Gasteiger charge is -2.30. The maximum Gasteiger partial charge on any atom is 0.331 e. The highest BCUT2D eigenvalue weighted by Crippen LogP contribution is 2.46. The third-order valence-electron chi connectivity index (χ3n) is 7.59. The molecule has 0 unspecified atom stereocenters. The summed E-state index contributed by atoms with van der Waals surface area (Å²) in [7, 11) is 0. The SMILES string of the molecule is CCC(=O)N[C@H]1CC[C@@H](NC(=O)c2sc3nccc4c3c2NC(=O)N4c2ccc(Oc3ccccc3)cc2C)CC1. The van der Waals surface area contributed by atoms with Gasteiger partial charge in [-0.05, 0) is 74.6 Å². The van der Waals surface area contributed by atoms with Crippen molar-refractivity contribution in [3.8, 4) is 11.5 Å². The first-order valence-electron chi connectivity index (χ1n) is 13.9. The number of hydrogen-bond acceptors (Lipinski definition) is 6. The number of anilines is 3. The molecule has 2 aromatic carbocycles. The summed E-state index contributed by atoms with van der Waals surface area (Å²) in [6.07, 6.45) is 5.35. The van der Waals surface area contributed by atoms with Crippen molar-refractivity contribution in [3.63, 3.8) is 0 Å². The molecular weight excluding hydrogens is 538 g/mol. The maximum absolute atomic E-state index is 13.5. The molecule has 0 bridgehead atoms. The van der Waals surface area contributed by atoms with E-state index in [0.29, 0.717) is 38.9 Å². The van der Waals surface area contributed by atoms with Crippen molar-refractivity contribution in [2.24, 2.45) is 0 Å². The zero-order valence-electron chi connectivity index (χ0n) is 22.9. The minimum Gasteiger partial charge on any atom is -0.457 e. The third kappa shape index (κ3) is 5.35. The smallest absolute Gasteiger partial charge is 0.331 e. The van der Waals surface area contributed by atoms with Gasteiger partial charge in [-0.3, -0.25) is 14.5 Å². The Kier molecular flexibility index (Phi) is 7.32.